The number of carbonyl (C=O) groups is 1. The Balaban J connectivity index is 1.76. The maximum Gasteiger partial charge on any atom is 0.335 e. The number of carboxylic acid groups (broad SMARTS) is 1. The number of halogens is 1. The summed E-state index contributed by atoms with van der Waals surface area (Å²) in [5.41, 5.74) is 2.62. The molecule has 1 saturated carbocycles. The summed E-state index contributed by atoms with van der Waals surface area (Å²) in [7, 11) is 0. The third kappa shape index (κ3) is 2.97. The van der Waals surface area contributed by atoms with Gasteiger partial charge in [0.1, 0.15) is 5.82 Å². The molecule has 1 N–H and O–H groups in total. The van der Waals surface area contributed by atoms with Crippen LogP contribution >= 0.6 is 0 Å². The molecule has 0 amide bonds. The van der Waals surface area contributed by atoms with Gasteiger partial charge in [0.05, 0.1) is 5.56 Å². The Labute approximate surface area is 123 Å². The summed E-state index contributed by atoms with van der Waals surface area (Å²) in [6, 6.07) is 13.9. The fourth-order valence-electron chi connectivity index (χ4n) is 3.25. The second-order valence-corrected chi connectivity index (χ2v) is 5.69. The van der Waals surface area contributed by atoms with E-state index in [4.69, 9.17) is 5.11 Å². The Morgan fingerprint density at radius 2 is 1.67 bits per heavy atom. The van der Waals surface area contributed by atoms with E-state index in [2.05, 4.69) is 0 Å². The van der Waals surface area contributed by atoms with Crippen molar-refractivity contribution in [1.82, 2.24) is 0 Å². The summed E-state index contributed by atoms with van der Waals surface area (Å²) in [6.45, 7) is 0. The van der Waals surface area contributed by atoms with E-state index in [1.807, 2.05) is 24.3 Å². The summed E-state index contributed by atoms with van der Waals surface area (Å²) in [6.07, 6.45) is 3.10. The normalized spacial score (nSPS) is 21.4. The van der Waals surface area contributed by atoms with Crippen LogP contribution in [0.5, 0.6) is 0 Å². The van der Waals surface area contributed by atoms with Gasteiger partial charge < -0.3 is 5.11 Å². The summed E-state index contributed by atoms with van der Waals surface area (Å²) in [5.74, 6) is -0.268. The highest BCUT2D eigenvalue weighted by molar-refractivity contribution is 5.87. The minimum Gasteiger partial charge on any atom is -0.478 e. The molecule has 21 heavy (non-hydrogen) atoms. The SMILES string of the molecule is O=C(O)c1cccc([C@H]2CC[C@H](c3ccc(F)cc3)C2)c1. The van der Waals surface area contributed by atoms with Crippen LogP contribution in [-0.2, 0) is 0 Å². The Hall–Kier alpha value is -2.16. The van der Waals surface area contributed by atoms with Crippen molar-refractivity contribution in [1.29, 1.82) is 0 Å². The molecule has 0 heterocycles. The maximum atomic E-state index is 13.0. The van der Waals surface area contributed by atoms with Gasteiger partial charge in [0.25, 0.3) is 0 Å². The van der Waals surface area contributed by atoms with Gasteiger partial charge in [0.2, 0.25) is 0 Å². The van der Waals surface area contributed by atoms with E-state index >= 15 is 0 Å². The zero-order valence-corrected chi connectivity index (χ0v) is 11.6. The zero-order valence-electron chi connectivity index (χ0n) is 11.6. The number of carboxylic acids is 1. The maximum absolute atomic E-state index is 13.0. The van der Waals surface area contributed by atoms with Crippen LogP contribution < -0.4 is 0 Å². The molecule has 0 aliphatic heterocycles. The topological polar surface area (TPSA) is 37.3 Å². The van der Waals surface area contributed by atoms with Gasteiger partial charge in [-0.2, -0.15) is 0 Å². The van der Waals surface area contributed by atoms with Gasteiger partial charge in [-0.3, -0.25) is 0 Å². The molecular weight excluding hydrogens is 267 g/mol. The largest absolute Gasteiger partial charge is 0.478 e. The van der Waals surface area contributed by atoms with Crippen LogP contribution in [0.15, 0.2) is 48.5 Å². The molecule has 3 heteroatoms. The Bertz CT molecular complexity index is 649. The van der Waals surface area contributed by atoms with E-state index in [1.54, 1.807) is 12.1 Å². The third-order valence-corrected chi connectivity index (χ3v) is 4.38. The summed E-state index contributed by atoms with van der Waals surface area (Å²) < 4.78 is 13.0. The highest BCUT2D eigenvalue weighted by Crippen LogP contribution is 2.43. The van der Waals surface area contributed by atoms with Crippen molar-refractivity contribution in [2.75, 3.05) is 0 Å². The lowest BCUT2D eigenvalue weighted by molar-refractivity contribution is 0.0696. The van der Waals surface area contributed by atoms with E-state index < -0.39 is 5.97 Å². The van der Waals surface area contributed by atoms with E-state index in [1.165, 1.54) is 17.7 Å². The van der Waals surface area contributed by atoms with E-state index in [-0.39, 0.29) is 5.82 Å². The Morgan fingerprint density at radius 1 is 1.00 bits per heavy atom. The predicted octanol–water partition coefficient (Wildman–Crippen LogP) is 4.58. The Kier molecular flexibility index (Phi) is 3.74. The Morgan fingerprint density at radius 3 is 2.33 bits per heavy atom. The molecule has 0 aromatic heterocycles. The van der Waals surface area contributed by atoms with Gasteiger partial charge in [0.15, 0.2) is 0 Å². The molecule has 2 aromatic carbocycles. The van der Waals surface area contributed by atoms with Crippen molar-refractivity contribution in [3.05, 3.63) is 71.0 Å². The van der Waals surface area contributed by atoms with Crippen molar-refractivity contribution in [2.24, 2.45) is 0 Å². The minimum absolute atomic E-state index is 0.206. The van der Waals surface area contributed by atoms with Gasteiger partial charge in [-0.15, -0.1) is 0 Å². The number of rotatable bonds is 3. The van der Waals surface area contributed by atoms with Gasteiger partial charge in [-0.25, -0.2) is 9.18 Å². The molecule has 0 unspecified atom stereocenters. The minimum atomic E-state index is -0.884. The first kappa shape index (κ1) is 13.8. The molecule has 108 valence electrons. The lowest BCUT2D eigenvalue weighted by atomic mass is 9.92. The van der Waals surface area contributed by atoms with E-state index in [0.717, 1.165) is 24.8 Å². The average Bonchev–Trinajstić information content (AvgIpc) is 2.98. The molecule has 0 saturated heterocycles. The van der Waals surface area contributed by atoms with Crippen LogP contribution in [0.4, 0.5) is 4.39 Å². The van der Waals surface area contributed by atoms with Gasteiger partial charge >= 0.3 is 5.97 Å². The quantitative estimate of drug-likeness (QED) is 0.896. The number of hydrogen-bond acceptors (Lipinski definition) is 1. The van der Waals surface area contributed by atoms with Crippen molar-refractivity contribution in [2.45, 2.75) is 31.1 Å². The molecule has 1 aliphatic rings. The average molecular weight is 284 g/mol. The summed E-state index contributed by atoms with van der Waals surface area (Å²) >= 11 is 0. The van der Waals surface area contributed by atoms with E-state index in [9.17, 15) is 9.18 Å². The first-order chi connectivity index (χ1) is 10.1. The number of aromatic carboxylic acids is 1. The highest BCUT2D eigenvalue weighted by atomic mass is 19.1. The lowest BCUT2D eigenvalue weighted by Gasteiger charge is -2.13. The van der Waals surface area contributed by atoms with Crippen LogP contribution in [0.1, 0.15) is 52.6 Å². The number of hydrogen-bond donors (Lipinski definition) is 1. The lowest BCUT2D eigenvalue weighted by Crippen LogP contribution is -2.00. The molecule has 2 aromatic rings. The second-order valence-electron chi connectivity index (χ2n) is 5.69. The van der Waals surface area contributed by atoms with Crippen LogP contribution in [0.2, 0.25) is 0 Å². The van der Waals surface area contributed by atoms with Crippen LogP contribution in [0.25, 0.3) is 0 Å². The monoisotopic (exact) mass is 284 g/mol. The molecule has 3 rings (SSSR count). The van der Waals surface area contributed by atoms with Gasteiger partial charge in [0, 0.05) is 0 Å². The molecule has 1 aliphatic carbocycles. The molecule has 0 bridgehead atoms. The molecule has 2 atom stereocenters. The van der Waals surface area contributed by atoms with Crippen LogP contribution in [0, 0.1) is 5.82 Å². The van der Waals surface area contributed by atoms with Crippen LogP contribution in [-0.4, -0.2) is 11.1 Å². The smallest absolute Gasteiger partial charge is 0.335 e. The molecule has 1 fully saturated rings. The van der Waals surface area contributed by atoms with Crippen molar-refractivity contribution in [3.8, 4) is 0 Å². The zero-order chi connectivity index (χ0) is 14.8. The first-order valence-electron chi connectivity index (χ1n) is 7.22. The predicted molar refractivity (Wildman–Crippen MR) is 79.1 cm³/mol. The van der Waals surface area contributed by atoms with Crippen molar-refractivity contribution in [3.63, 3.8) is 0 Å². The van der Waals surface area contributed by atoms with Gasteiger partial charge in [-0.05, 0) is 66.5 Å². The third-order valence-electron chi connectivity index (χ3n) is 4.38. The second kappa shape index (κ2) is 5.68. The molecule has 0 spiro atoms. The molecular formula is C18H17FO2. The highest BCUT2D eigenvalue weighted by Gasteiger charge is 2.27. The summed E-state index contributed by atoms with van der Waals surface area (Å²) in [5, 5.41) is 9.07. The van der Waals surface area contributed by atoms with Crippen molar-refractivity contribution >= 4 is 5.97 Å². The van der Waals surface area contributed by atoms with Crippen molar-refractivity contribution < 1.29 is 14.3 Å². The fraction of sp³-hybridized carbons (Fsp3) is 0.278. The molecule has 2 nitrogen and oxygen atoms in total. The molecule has 0 radical (unpaired) electrons. The van der Waals surface area contributed by atoms with E-state index in [0.29, 0.717) is 17.4 Å². The fourth-order valence-corrected chi connectivity index (χ4v) is 3.25. The standard InChI is InChI=1S/C18H17FO2/c19-17-8-6-12(7-9-17)14-4-5-15(10-14)13-2-1-3-16(11-13)18(20)21/h1-3,6-9,11,14-15H,4-5,10H2,(H,20,21)/t14-,15-/m0/s1. The van der Waals surface area contributed by atoms with Gasteiger partial charge in [-0.1, -0.05) is 24.3 Å². The number of benzene rings is 2. The first-order valence-corrected chi connectivity index (χ1v) is 7.22. The summed E-state index contributed by atoms with van der Waals surface area (Å²) in [4.78, 5) is 11.1. The van der Waals surface area contributed by atoms with Crippen LogP contribution in [0.3, 0.4) is 0 Å².